The van der Waals surface area contributed by atoms with E-state index in [1.54, 1.807) is 0 Å². The molecule has 2 rings (SSSR count). The molecule has 0 aliphatic rings. The fraction of sp³-hybridized carbons (Fsp3) is 0.333. The molecule has 0 aliphatic heterocycles. The van der Waals surface area contributed by atoms with Crippen molar-refractivity contribution in [2.75, 3.05) is 6.54 Å². The van der Waals surface area contributed by atoms with E-state index in [2.05, 4.69) is 10.1 Å². The van der Waals surface area contributed by atoms with Crippen molar-refractivity contribution in [3.63, 3.8) is 0 Å². The molecule has 0 saturated carbocycles. The molecule has 0 radical (unpaired) electrons. The first-order valence-corrected chi connectivity index (χ1v) is 5.39. The Morgan fingerprint density at radius 3 is 3.00 bits per heavy atom. The summed E-state index contributed by atoms with van der Waals surface area (Å²) >= 11 is 0. The minimum absolute atomic E-state index is 0.641. The Labute approximate surface area is 94.5 Å². The summed E-state index contributed by atoms with van der Waals surface area (Å²) in [6.07, 6.45) is 1.62. The molecule has 1 aromatic carbocycles. The van der Waals surface area contributed by atoms with Crippen LogP contribution in [0.15, 0.2) is 28.8 Å². The summed E-state index contributed by atoms with van der Waals surface area (Å²) < 4.78 is 5.14. The molecule has 4 nitrogen and oxygen atoms in total. The molecular weight excluding hydrogens is 202 g/mol. The average molecular weight is 217 g/mol. The maximum atomic E-state index is 5.42. The van der Waals surface area contributed by atoms with Crippen LogP contribution in [0.3, 0.4) is 0 Å². The molecule has 0 unspecified atom stereocenters. The second-order valence-corrected chi connectivity index (χ2v) is 3.77. The van der Waals surface area contributed by atoms with Gasteiger partial charge in [0.15, 0.2) is 0 Å². The molecule has 1 aromatic heterocycles. The lowest BCUT2D eigenvalue weighted by atomic mass is 10.1. The number of hydrogen-bond acceptors (Lipinski definition) is 4. The third kappa shape index (κ3) is 2.46. The molecule has 0 fully saturated rings. The third-order valence-corrected chi connectivity index (χ3v) is 2.34. The van der Waals surface area contributed by atoms with Crippen LogP contribution >= 0.6 is 0 Å². The highest BCUT2D eigenvalue weighted by Gasteiger charge is 2.07. The number of nitrogens with zero attached hydrogens (tertiary/aromatic N) is 2. The van der Waals surface area contributed by atoms with Gasteiger partial charge >= 0.3 is 0 Å². The number of benzene rings is 1. The molecule has 16 heavy (non-hydrogen) atoms. The second-order valence-electron chi connectivity index (χ2n) is 3.77. The fourth-order valence-electron chi connectivity index (χ4n) is 1.51. The monoisotopic (exact) mass is 217 g/mol. The van der Waals surface area contributed by atoms with Gasteiger partial charge in [-0.2, -0.15) is 4.98 Å². The third-order valence-electron chi connectivity index (χ3n) is 2.34. The molecule has 0 saturated heterocycles. The van der Waals surface area contributed by atoms with E-state index < -0.39 is 0 Å². The van der Waals surface area contributed by atoms with Crippen LogP contribution in [0.1, 0.15) is 17.9 Å². The van der Waals surface area contributed by atoms with E-state index in [4.69, 9.17) is 10.3 Å². The fourth-order valence-corrected chi connectivity index (χ4v) is 1.51. The first kappa shape index (κ1) is 10.8. The highest BCUT2D eigenvalue weighted by atomic mass is 16.5. The van der Waals surface area contributed by atoms with Crippen LogP contribution in [0.5, 0.6) is 0 Å². The zero-order chi connectivity index (χ0) is 11.4. The summed E-state index contributed by atoms with van der Waals surface area (Å²) in [5.41, 5.74) is 7.60. The predicted molar refractivity (Wildman–Crippen MR) is 61.8 cm³/mol. The van der Waals surface area contributed by atoms with Gasteiger partial charge in [-0.3, -0.25) is 0 Å². The predicted octanol–water partition coefficient (Wildman–Crippen LogP) is 1.94. The van der Waals surface area contributed by atoms with Crippen molar-refractivity contribution in [1.29, 1.82) is 0 Å². The molecular formula is C12H15N3O. The molecule has 84 valence electrons. The van der Waals surface area contributed by atoms with Crippen molar-refractivity contribution in [3.05, 3.63) is 35.7 Å². The maximum Gasteiger partial charge on any atom is 0.227 e. The van der Waals surface area contributed by atoms with Crippen molar-refractivity contribution in [2.45, 2.75) is 19.8 Å². The number of rotatable bonds is 4. The standard InChI is InChI=1S/C12H15N3O/c1-9-4-2-5-10(8-9)12-14-11(16-15-12)6-3-7-13/h2,4-5,8H,3,6-7,13H2,1H3. The highest BCUT2D eigenvalue weighted by Crippen LogP contribution is 2.17. The van der Waals surface area contributed by atoms with Gasteiger partial charge in [-0.25, -0.2) is 0 Å². The van der Waals surface area contributed by atoms with Crippen LogP contribution in [0.4, 0.5) is 0 Å². The SMILES string of the molecule is Cc1cccc(-c2noc(CCCN)n2)c1. The van der Waals surface area contributed by atoms with E-state index in [0.29, 0.717) is 18.3 Å². The van der Waals surface area contributed by atoms with Crippen molar-refractivity contribution in [2.24, 2.45) is 5.73 Å². The Bertz CT molecular complexity index is 465. The van der Waals surface area contributed by atoms with Crippen LogP contribution in [0.25, 0.3) is 11.4 Å². The number of hydrogen-bond donors (Lipinski definition) is 1. The molecule has 0 spiro atoms. The Kier molecular flexibility index (Phi) is 3.31. The molecule has 0 amide bonds. The Balaban J connectivity index is 2.18. The van der Waals surface area contributed by atoms with E-state index in [0.717, 1.165) is 18.4 Å². The average Bonchev–Trinajstić information content (AvgIpc) is 2.75. The Morgan fingerprint density at radius 2 is 2.25 bits per heavy atom. The van der Waals surface area contributed by atoms with E-state index in [9.17, 15) is 0 Å². The smallest absolute Gasteiger partial charge is 0.227 e. The zero-order valence-corrected chi connectivity index (χ0v) is 9.31. The molecule has 2 aromatic rings. The first-order chi connectivity index (χ1) is 7.79. The van der Waals surface area contributed by atoms with Crippen molar-refractivity contribution < 1.29 is 4.52 Å². The maximum absolute atomic E-state index is 5.42. The quantitative estimate of drug-likeness (QED) is 0.849. The van der Waals surface area contributed by atoms with Gasteiger partial charge in [-0.1, -0.05) is 28.9 Å². The lowest BCUT2D eigenvalue weighted by molar-refractivity contribution is 0.376. The van der Waals surface area contributed by atoms with E-state index >= 15 is 0 Å². The summed E-state index contributed by atoms with van der Waals surface area (Å²) in [5, 5.41) is 3.95. The molecule has 1 heterocycles. The lowest BCUT2D eigenvalue weighted by Crippen LogP contribution is -2.00. The lowest BCUT2D eigenvalue weighted by Gasteiger charge is -1.95. The summed E-state index contributed by atoms with van der Waals surface area (Å²) in [5.74, 6) is 1.30. The van der Waals surface area contributed by atoms with Gasteiger partial charge in [0.25, 0.3) is 0 Å². The highest BCUT2D eigenvalue weighted by molar-refractivity contribution is 5.55. The molecule has 2 N–H and O–H groups in total. The largest absolute Gasteiger partial charge is 0.339 e. The van der Waals surface area contributed by atoms with Crippen molar-refractivity contribution in [1.82, 2.24) is 10.1 Å². The number of aryl methyl sites for hydroxylation is 2. The van der Waals surface area contributed by atoms with Crippen LogP contribution in [-0.4, -0.2) is 16.7 Å². The van der Waals surface area contributed by atoms with E-state index in [1.807, 2.05) is 31.2 Å². The minimum Gasteiger partial charge on any atom is -0.339 e. The second kappa shape index (κ2) is 4.90. The van der Waals surface area contributed by atoms with Crippen LogP contribution in [-0.2, 0) is 6.42 Å². The number of aromatic nitrogens is 2. The van der Waals surface area contributed by atoms with E-state index in [1.165, 1.54) is 5.56 Å². The van der Waals surface area contributed by atoms with Crippen molar-refractivity contribution >= 4 is 0 Å². The molecule has 0 atom stereocenters. The van der Waals surface area contributed by atoms with Gasteiger partial charge in [0.05, 0.1) is 0 Å². The van der Waals surface area contributed by atoms with Gasteiger partial charge < -0.3 is 10.3 Å². The van der Waals surface area contributed by atoms with Crippen molar-refractivity contribution in [3.8, 4) is 11.4 Å². The molecule has 0 aliphatic carbocycles. The number of nitrogens with two attached hydrogens (primary N) is 1. The van der Waals surface area contributed by atoms with Crippen LogP contribution < -0.4 is 5.73 Å². The summed E-state index contributed by atoms with van der Waals surface area (Å²) in [4.78, 5) is 4.33. The van der Waals surface area contributed by atoms with Gasteiger partial charge in [-0.05, 0) is 26.0 Å². The van der Waals surface area contributed by atoms with Crippen LogP contribution in [0.2, 0.25) is 0 Å². The Hall–Kier alpha value is -1.68. The zero-order valence-electron chi connectivity index (χ0n) is 9.31. The summed E-state index contributed by atoms with van der Waals surface area (Å²) in [7, 11) is 0. The van der Waals surface area contributed by atoms with Gasteiger partial charge in [0, 0.05) is 12.0 Å². The molecule has 0 bridgehead atoms. The van der Waals surface area contributed by atoms with E-state index in [-0.39, 0.29) is 0 Å². The Morgan fingerprint density at radius 1 is 1.38 bits per heavy atom. The van der Waals surface area contributed by atoms with Gasteiger partial charge in [0.1, 0.15) is 0 Å². The van der Waals surface area contributed by atoms with Gasteiger partial charge in [0.2, 0.25) is 11.7 Å². The van der Waals surface area contributed by atoms with Gasteiger partial charge in [-0.15, -0.1) is 0 Å². The first-order valence-electron chi connectivity index (χ1n) is 5.39. The summed E-state index contributed by atoms with van der Waals surface area (Å²) in [6, 6.07) is 8.04. The topological polar surface area (TPSA) is 64.9 Å². The van der Waals surface area contributed by atoms with Crippen LogP contribution in [0, 0.1) is 6.92 Å². The normalized spacial score (nSPS) is 10.6. The summed E-state index contributed by atoms with van der Waals surface area (Å²) in [6.45, 7) is 2.68. The molecule has 4 heteroatoms. The minimum atomic E-state index is 0.641.